The number of aromatic nitrogens is 1. The largest absolute Gasteiger partial charge is 0.548 e. The average molecular weight is 502 g/mol. The van der Waals surface area contributed by atoms with Crippen molar-refractivity contribution in [3.05, 3.63) is 75.0 Å². The van der Waals surface area contributed by atoms with Gasteiger partial charge in [-0.15, -0.1) is 0 Å². The highest BCUT2D eigenvalue weighted by Gasteiger charge is 2.20. The van der Waals surface area contributed by atoms with Crippen LogP contribution < -0.4 is 16.0 Å². The van der Waals surface area contributed by atoms with Gasteiger partial charge in [0.1, 0.15) is 16.9 Å². The number of carbonyl (C=O) groups is 2. The zero-order chi connectivity index (χ0) is 26.4. The molecule has 0 spiro atoms. The number of hydrogen-bond acceptors (Lipinski definition) is 7. The van der Waals surface area contributed by atoms with Crippen LogP contribution in [0.1, 0.15) is 34.2 Å². The maximum absolute atomic E-state index is 12.8. The third-order valence-corrected chi connectivity index (χ3v) is 6.93. The third-order valence-electron chi connectivity index (χ3n) is 6.93. The lowest BCUT2D eigenvalue weighted by Crippen LogP contribution is -2.49. The lowest BCUT2D eigenvalue weighted by Gasteiger charge is -2.19. The molecule has 5 aromatic rings. The molecule has 0 aliphatic heterocycles. The fourth-order valence-electron chi connectivity index (χ4n) is 4.86. The van der Waals surface area contributed by atoms with E-state index in [9.17, 15) is 24.6 Å². The number of nitrogens with one attached hydrogen (secondary N) is 2. The zero-order valence-corrected chi connectivity index (χ0v) is 20.6. The van der Waals surface area contributed by atoms with E-state index in [1.807, 2.05) is 26.8 Å². The van der Waals surface area contributed by atoms with Crippen molar-refractivity contribution < 1.29 is 28.6 Å². The number of carbonyl (C=O) groups excluding carboxylic acids is 2. The van der Waals surface area contributed by atoms with E-state index in [4.69, 9.17) is 8.83 Å². The van der Waals surface area contributed by atoms with Gasteiger partial charge >= 0.3 is 5.63 Å². The standard InChI is InChI=1S/C28H26N2O7/c1-13-12-36-25-15(3)26-20(10-19(13)25)14(2)18(28(35)37-26)5-7-24(32)30-23(27(33)34)8-16-11-29-22-6-4-17(31)9-21(16)22/h4,6,9-12,23,29,31H,5,7-8H2,1-3H3,(H,30,32)(H,33,34)/p-1/t23-/m1/s1. The minimum Gasteiger partial charge on any atom is -0.548 e. The fourth-order valence-corrected chi connectivity index (χ4v) is 4.86. The molecule has 0 aliphatic rings. The highest BCUT2D eigenvalue weighted by Crippen LogP contribution is 2.32. The molecule has 1 atom stereocenters. The van der Waals surface area contributed by atoms with E-state index in [1.54, 1.807) is 18.5 Å². The SMILES string of the molecule is Cc1coc2c(C)c3oc(=O)c(CCC(=O)N[C@H](Cc4c[nH]c5ccc(O)cc45)C(=O)[O-])c(C)c3cc12. The van der Waals surface area contributed by atoms with Crippen molar-refractivity contribution in [1.82, 2.24) is 10.3 Å². The van der Waals surface area contributed by atoms with Gasteiger partial charge in [0.2, 0.25) is 5.91 Å². The molecule has 3 heterocycles. The topological polar surface area (TPSA) is 149 Å². The molecule has 2 aromatic carbocycles. The van der Waals surface area contributed by atoms with Crippen molar-refractivity contribution in [1.29, 1.82) is 0 Å². The summed E-state index contributed by atoms with van der Waals surface area (Å²) >= 11 is 0. The number of H-pyrrole nitrogens is 1. The van der Waals surface area contributed by atoms with Crippen molar-refractivity contribution in [2.75, 3.05) is 0 Å². The molecule has 37 heavy (non-hydrogen) atoms. The van der Waals surface area contributed by atoms with E-state index in [1.165, 1.54) is 12.1 Å². The first-order valence-corrected chi connectivity index (χ1v) is 11.9. The maximum Gasteiger partial charge on any atom is 0.339 e. The van der Waals surface area contributed by atoms with Gasteiger partial charge in [0.15, 0.2) is 0 Å². The molecule has 3 N–H and O–H groups in total. The van der Waals surface area contributed by atoms with Crippen molar-refractivity contribution in [3.63, 3.8) is 0 Å². The Morgan fingerprint density at radius 2 is 1.86 bits per heavy atom. The number of aliphatic carboxylic acids is 1. The van der Waals surface area contributed by atoms with Crippen LogP contribution in [-0.4, -0.2) is 28.0 Å². The molecule has 3 aromatic heterocycles. The number of phenolic OH excluding ortho intramolecular Hbond substituents is 1. The smallest absolute Gasteiger partial charge is 0.339 e. The Labute approximate surface area is 210 Å². The van der Waals surface area contributed by atoms with Gasteiger partial charge in [-0.2, -0.15) is 0 Å². The van der Waals surface area contributed by atoms with E-state index in [0.29, 0.717) is 33.2 Å². The van der Waals surface area contributed by atoms with Crippen LogP contribution in [0.4, 0.5) is 0 Å². The first kappa shape index (κ1) is 24.2. The summed E-state index contributed by atoms with van der Waals surface area (Å²) < 4.78 is 11.2. The molecule has 0 radical (unpaired) electrons. The fraction of sp³-hybridized carbons (Fsp3) is 0.250. The Hall–Kier alpha value is -4.53. The summed E-state index contributed by atoms with van der Waals surface area (Å²) in [5.41, 5.74) is 4.67. The van der Waals surface area contributed by atoms with Crippen LogP contribution in [0.25, 0.3) is 32.8 Å². The summed E-state index contributed by atoms with van der Waals surface area (Å²) in [5, 5.41) is 26.4. The number of fused-ring (bicyclic) bond motifs is 3. The van der Waals surface area contributed by atoms with Crippen LogP contribution in [0, 0.1) is 20.8 Å². The second kappa shape index (κ2) is 9.16. The van der Waals surface area contributed by atoms with Crippen LogP contribution in [0.15, 0.2) is 50.4 Å². The predicted octanol–water partition coefficient (Wildman–Crippen LogP) is 3.06. The van der Waals surface area contributed by atoms with E-state index < -0.39 is 23.5 Å². The van der Waals surface area contributed by atoms with Gasteiger partial charge in [-0.3, -0.25) is 4.79 Å². The van der Waals surface area contributed by atoms with Gasteiger partial charge < -0.3 is 34.1 Å². The molecule has 0 bridgehead atoms. The minimum atomic E-state index is -1.43. The molecule has 5 rings (SSSR count). The number of carboxylic acid groups (broad SMARTS) is 1. The van der Waals surface area contributed by atoms with E-state index in [0.717, 1.165) is 27.4 Å². The number of benzene rings is 2. The maximum atomic E-state index is 12.8. The van der Waals surface area contributed by atoms with Gasteiger partial charge in [0.25, 0.3) is 0 Å². The van der Waals surface area contributed by atoms with Crippen LogP contribution in [0.2, 0.25) is 0 Å². The Kier molecular flexibility index (Phi) is 5.99. The summed E-state index contributed by atoms with van der Waals surface area (Å²) in [6.45, 7) is 5.57. The molecule has 190 valence electrons. The Balaban J connectivity index is 1.35. The third kappa shape index (κ3) is 4.33. The lowest BCUT2D eigenvalue weighted by atomic mass is 9.98. The number of rotatable bonds is 7. The number of aromatic amines is 1. The van der Waals surface area contributed by atoms with Crippen molar-refractivity contribution in [3.8, 4) is 5.75 Å². The number of aromatic hydroxyl groups is 1. The highest BCUT2D eigenvalue weighted by atomic mass is 16.4. The molecule has 0 fully saturated rings. The van der Waals surface area contributed by atoms with Crippen LogP contribution >= 0.6 is 0 Å². The van der Waals surface area contributed by atoms with E-state index >= 15 is 0 Å². The quantitative estimate of drug-likeness (QED) is 0.290. The second-order valence-electron chi connectivity index (χ2n) is 9.35. The van der Waals surface area contributed by atoms with Gasteiger partial charge in [-0.05, 0) is 68.1 Å². The molecule has 0 unspecified atom stereocenters. The second-order valence-corrected chi connectivity index (χ2v) is 9.35. The number of amides is 1. The van der Waals surface area contributed by atoms with E-state index in [2.05, 4.69) is 10.3 Å². The van der Waals surface area contributed by atoms with Crippen molar-refractivity contribution in [2.24, 2.45) is 0 Å². The lowest BCUT2D eigenvalue weighted by molar-refractivity contribution is -0.308. The normalized spacial score (nSPS) is 12.4. The summed E-state index contributed by atoms with van der Waals surface area (Å²) in [4.78, 5) is 40.3. The predicted molar refractivity (Wildman–Crippen MR) is 135 cm³/mol. The number of furan rings is 1. The monoisotopic (exact) mass is 501 g/mol. The first-order valence-electron chi connectivity index (χ1n) is 11.9. The Morgan fingerprint density at radius 3 is 2.62 bits per heavy atom. The Bertz CT molecular complexity index is 1760. The molecular weight excluding hydrogens is 476 g/mol. The molecule has 0 aliphatic carbocycles. The molecule has 0 saturated heterocycles. The Morgan fingerprint density at radius 1 is 1.08 bits per heavy atom. The zero-order valence-electron chi connectivity index (χ0n) is 20.6. The van der Waals surface area contributed by atoms with Crippen LogP contribution in [-0.2, 0) is 22.4 Å². The molecule has 1 amide bonds. The summed E-state index contributed by atoms with van der Waals surface area (Å²) in [6, 6.07) is 5.36. The first-order chi connectivity index (χ1) is 17.6. The number of aryl methyl sites for hydroxylation is 3. The van der Waals surface area contributed by atoms with Crippen molar-refractivity contribution in [2.45, 2.75) is 46.1 Å². The van der Waals surface area contributed by atoms with Crippen LogP contribution in [0.3, 0.4) is 0 Å². The average Bonchev–Trinajstić information content (AvgIpc) is 3.42. The van der Waals surface area contributed by atoms with E-state index in [-0.39, 0.29) is 25.0 Å². The number of hydrogen-bond donors (Lipinski definition) is 3. The number of phenols is 1. The van der Waals surface area contributed by atoms with Crippen molar-refractivity contribution >= 4 is 44.7 Å². The number of carboxylic acids is 1. The van der Waals surface area contributed by atoms with Gasteiger partial charge in [0, 0.05) is 51.8 Å². The molecule has 9 nitrogen and oxygen atoms in total. The van der Waals surface area contributed by atoms with Gasteiger partial charge in [0.05, 0.1) is 18.3 Å². The molecule has 0 saturated carbocycles. The summed E-state index contributed by atoms with van der Waals surface area (Å²) in [7, 11) is 0. The molecule has 9 heteroatoms. The molecular formula is C28H25N2O7-. The summed E-state index contributed by atoms with van der Waals surface area (Å²) in [6.07, 6.45) is 3.23. The van der Waals surface area contributed by atoms with Gasteiger partial charge in [-0.25, -0.2) is 4.79 Å². The highest BCUT2D eigenvalue weighted by molar-refractivity contribution is 5.99. The summed E-state index contributed by atoms with van der Waals surface area (Å²) in [5.74, 6) is -1.92. The van der Waals surface area contributed by atoms with Gasteiger partial charge in [-0.1, -0.05) is 0 Å². The minimum absolute atomic E-state index is 0.0337. The van der Waals surface area contributed by atoms with Crippen LogP contribution in [0.5, 0.6) is 5.75 Å².